The minimum absolute atomic E-state index is 0.112. The maximum atomic E-state index is 9.11. The molecule has 0 radical (unpaired) electrons. The van der Waals surface area contributed by atoms with E-state index in [1.165, 1.54) is 0 Å². The number of rotatable bonds is 4. The van der Waals surface area contributed by atoms with Gasteiger partial charge in [-0.25, -0.2) is 0 Å². The summed E-state index contributed by atoms with van der Waals surface area (Å²) in [6, 6.07) is 0. The summed E-state index contributed by atoms with van der Waals surface area (Å²) in [6.07, 6.45) is 3.59. The molecular formula is C9H16O. The van der Waals surface area contributed by atoms with Gasteiger partial charge in [-0.2, -0.15) is 0 Å². The molecule has 10 heavy (non-hydrogen) atoms. The Hall–Kier alpha value is -0.480. The van der Waals surface area contributed by atoms with Crippen LogP contribution in [0.15, 0.2) is 0 Å². The molecule has 0 aliphatic heterocycles. The fraction of sp³-hybridized carbons (Fsp3) is 0.778. The van der Waals surface area contributed by atoms with Crippen molar-refractivity contribution < 1.29 is 5.11 Å². The van der Waals surface area contributed by atoms with Crippen molar-refractivity contribution >= 4 is 0 Å². The largest absolute Gasteiger partial charge is 0.393 e. The molecule has 0 aliphatic rings. The van der Waals surface area contributed by atoms with Gasteiger partial charge in [0.2, 0.25) is 0 Å². The Morgan fingerprint density at radius 3 is 2.70 bits per heavy atom. The van der Waals surface area contributed by atoms with Gasteiger partial charge in [-0.1, -0.05) is 6.92 Å². The van der Waals surface area contributed by atoms with E-state index in [2.05, 4.69) is 11.8 Å². The second-order valence-corrected chi connectivity index (χ2v) is 2.38. The standard InChI is InChI=1S/C9H16O/c1-3-5-6-7-8-9(10)4-2/h9-10H,4,6-8H2,1-2H3. The summed E-state index contributed by atoms with van der Waals surface area (Å²) in [5.41, 5.74) is 0. The summed E-state index contributed by atoms with van der Waals surface area (Å²) >= 11 is 0. The zero-order valence-electron chi connectivity index (χ0n) is 6.85. The number of hydrogen-bond donors (Lipinski definition) is 1. The van der Waals surface area contributed by atoms with Crippen LogP contribution in [-0.2, 0) is 0 Å². The van der Waals surface area contributed by atoms with Gasteiger partial charge in [-0.3, -0.25) is 0 Å². The van der Waals surface area contributed by atoms with Gasteiger partial charge in [0.1, 0.15) is 0 Å². The number of unbranched alkanes of at least 4 members (excludes halogenated alkanes) is 1. The van der Waals surface area contributed by atoms with Crippen LogP contribution >= 0.6 is 0 Å². The molecule has 0 aromatic rings. The first-order valence-corrected chi connectivity index (χ1v) is 3.89. The van der Waals surface area contributed by atoms with Crippen molar-refractivity contribution in [1.29, 1.82) is 0 Å². The van der Waals surface area contributed by atoms with Crippen LogP contribution in [0.4, 0.5) is 0 Å². The zero-order chi connectivity index (χ0) is 7.82. The van der Waals surface area contributed by atoms with Gasteiger partial charge in [0.05, 0.1) is 6.10 Å². The lowest BCUT2D eigenvalue weighted by atomic mass is 10.1. The Balaban J connectivity index is 3.08. The van der Waals surface area contributed by atoms with Gasteiger partial charge >= 0.3 is 0 Å². The van der Waals surface area contributed by atoms with Gasteiger partial charge in [0.15, 0.2) is 0 Å². The highest BCUT2D eigenvalue weighted by molar-refractivity contribution is 4.94. The Bertz CT molecular complexity index is 118. The van der Waals surface area contributed by atoms with Crippen LogP contribution in [0.1, 0.15) is 39.5 Å². The summed E-state index contributed by atoms with van der Waals surface area (Å²) in [5, 5.41) is 9.11. The van der Waals surface area contributed by atoms with Gasteiger partial charge in [-0.05, 0) is 26.2 Å². The highest BCUT2D eigenvalue weighted by Gasteiger charge is 1.97. The van der Waals surface area contributed by atoms with E-state index in [0.29, 0.717) is 0 Å². The van der Waals surface area contributed by atoms with Crippen molar-refractivity contribution in [2.75, 3.05) is 0 Å². The summed E-state index contributed by atoms with van der Waals surface area (Å²) in [7, 11) is 0. The van der Waals surface area contributed by atoms with Crippen LogP contribution in [0.2, 0.25) is 0 Å². The molecule has 0 bridgehead atoms. The average molecular weight is 140 g/mol. The lowest BCUT2D eigenvalue weighted by molar-refractivity contribution is 0.158. The van der Waals surface area contributed by atoms with Gasteiger partial charge in [0.25, 0.3) is 0 Å². The highest BCUT2D eigenvalue weighted by atomic mass is 16.3. The van der Waals surface area contributed by atoms with Crippen molar-refractivity contribution in [1.82, 2.24) is 0 Å². The first-order chi connectivity index (χ1) is 4.81. The topological polar surface area (TPSA) is 20.2 Å². The molecule has 1 unspecified atom stereocenters. The molecule has 58 valence electrons. The van der Waals surface area contributed by atoms with E-state index in [9.17, 15) is 0 Å². The highest BCUT2D eigenvalue weighted by Crippen LogP contribution is 2.02. The first kappa shape index (κ1) is 9.52. The fourth-order valence-corrected chi connectivity index (χ4v) is 0.755. The molecule has 0 amide bonds. The van der Waals surface area contributed by atoms with Crippen molar-refractivity contribution in [3.8, 4) is 11.8 Å². The quantitative estimate of drug-likeness (QED) is 0.467. The van der Waals surface area contributed by atoms with Crippen molar-refractivity contribution in [2.45, 2.75) is 45.6 Å². The normalized spacial score (nSPS) is 11.9. The van der Waals surface area contributed by atoms with Crippen LogP contribution < -0.4 is 0 Å². The van der Waals surface area contributed by atoms with E-state index >= 15 is 0 Å². The molecule has 0 rings (SSSR count). The van der Waals surface area contributed by atoms with E-state index < -0.39 is 0 Å². The van der Waals surface area contributed by atoms with Gasteiger partial charge < -0.3 is 5.11 Å². The average Bonchev–Trinajstić information content (AvgIpc) is 1.98. The molecule has 0 saturated carbocycles. The van der Waals surface area contributed by atoms with Crippen LogP contribution in [-0.4, -0.2) is 11.2 Å². The Morgan fingerprint density at radius 1 is 1.50 bits per heavy atom. The first-order valence-electron chi connectivity index (χ1n) is 3.89. The second-order valence-electron chi connectivity index (χ2n) is 2.38. The third-order valence-corrected chi connectivity index (χ3v) is 1.49. The van der Waals surface area contributed by atoms with E-state index in [4.69, 9.17) is 5.11 Å². The second kappa shape index (κ2) is 6.64. The molecule has 1 N–H and O–H groups in total. The van der Waals surface area contributed by atoms with E-state index in [1.54, 1.807) is 0 Å². The smallest absolute Gasteiger partial charge is 0.0538 e. The fourth-order valence-electron chi connectivity index (χ4n) is 0.755. The molecular weight excluding hydrogens is 124 g/mol. The number of aliphatic hydroxyl groups excluding tert-OH is 1. The monoisotopic (exact) mass is 140 g/mol. The van der Waals surface area contributed by atoms with E-state index in [1.807, 2.05) is 13.8 Å². The van der Waals surface area contributed by atoms with E-state index in [-0.39, 0.29) is 6.10 Å². The summed E-state index contributed by atoms with van der Waals surface area (Å²) in [4.78, 5) is 0. The van der Waals surface area contributed by atoms with Crippen LogP contribution in [0.3, 0.4) is 0 Å². The lowest BCUT2D eigenvalue weighted by Gasteiger charge is -2.03. The Labute approximate surface area is 63.5 Å². The maximum Gasteiger partial charge on any atom is 0.0538 e. The minimum atomic E-state index is -0.112. The zero-order valence-corrected chi connectivity index (χ0v) is 6.85. The van der Waals surface area contributed by atoms with Crippen molar-refractivity contribution in [3.63, 3.8) is 0 Å². The van der Waals surface area contributed by atoms with Crippen LogP contribution in [0, 0.1) is 11.8 Å². The Kier molecular flexibility index (Phi) is 6.32. The molecule has 0 saturated heterocycles. The van der Waals surface area contributed by atoms with Crippen molar-refractivity contribution in [2.24, 2.45) is 0 Å². The third kappa shape index (κ3) is 5.65. The third-order valence-electron chi connectivity index (χ3n) is 1.49. The number of aliphatic hydroxyl groups is 1. The molecule has 1 nitrogen and oxygen atoms in total. The minimum Gasteiger partial charge on any atom is -0.393 e. The molecule has 1 atom stereocenters. The number of hydrogen-bond acceptors (Lipinski definition) is 1. The summed E-state index contributed by atoms with van der Waals surface area (Å²) in [5.74, 6) is 5.79. The molecule has 0 aliphatic carbocycles. The van der Waals surface area contributed by atoms with Crippen molar-refractivity contribution in [3.05, 3.63) is 0 Å². The van der Waals surface area contributed by atoms with Gasteiger partial charge in [0, 0.05) is 6.42 Å². The van der Waals surface area contributed by atoms with Gasteiger partial charge in [-0.15, -0.1) is 11.8 Å². The SMILES string of the molecule is CC#CCCCC(O)CC. The summed E-state index contributed by atoms with van der Waals surface area (Å²) in [6.45, 7) is 3.84. The van der Waals surface area contributed by atoms with Crippen LogP contribution in [0.25, 0.3) is 0 Å². The molecule has 0 heterocycles. The lowest BCUT2D eigenvalue weighted by Crippen LogP contribution is -2.02. The Morgan fingerprint density at radius 2 is 2.20 bits per heavy atom. The molecule has 0 spiro atoms. The molecule has 0 aromatic heterocycles. The predicted molar refractivity (Wildman–Crippen MR) is 43.6 cm³/mol. The van der Waals surface area contributed by atoms with E-state index in [0.717, 1.165) is 25.7 Å². The molecule has 0 aromatic carbocycles. The summed E-state index contributed by atoms with van der Waals surface area (Å²) < 4.78 is 0. The maximum absolute atomic E-state index is 9.11. The molecule has 1 heteroatoms. The molecule has 0 fully saturated rings. The predicted octanol–water partition coefficient (Wildman–Crippen LogP) is 1.95. The van der Waals surface area contributed by atoms with Crippen LogP contribution in [0.5, 0.6) is 0 Å².